The Bertz CT molecular complexity index is 423. The quantitative estimate of drug-likeness (QED) is 0.819. The predicted molar refractivity (Wildman–Crippen MR) is 63.2 cm³/mol. The summed E-state index contributed by atoms with van der Waals surface area (Å²) in [6.07, 6.45) is -4.45. The molecular weight excluding hydrogens is 261 g/mol. The van der Waals surface area contributed by atoms with Crippen molar-refractivity contribution in [3.63, 3.8) is 0 Å². The number of carbonyl (C=O) groups is 1. The van der Waals surface area contributed by atoms with Crippen LogP contribution in [0.1, 0.15) is 5.56 Å². The highest BCUT2D eigenvalue weighted by Crippen LogP contribution is 2.23. The van der Waals surface area contributed by atoms with Crippen molar-refractivity contribution in [2.75, 3.05) is 20.3 Å². The Morgan fingerprint density at radius 3 is 2.26 bits per heavy atom. The fourth-order valence-corrected chi connectivity index (χ4v) is 1.68. The van der Waals surface area contributed by atoms with E-state index >= 15 is 0 Å². The van der Waals surface area contributed by atoms with E-state index in [9.17, 15) is 18.0 Å². The summed E-state index contributed by atoms with van der Waals surface area (Å²) >= 11 is 0. The molecular formula is C12H15F3N2O2. The maximum absolute atomic E-state index is 12.1. The monoisotopic (exact) mass is 276 g/mol. The van der Waals surface area contributed by atoms with Crippen LogP contribution < -0.4 is 11.1 Å². The molecule has 0 saturated carbocycles. The highest BCUT2D eigenvalue weighted by atomic mass is 19.4. The number of amides is 1. The smallest absolute Gasteiger partial charge is 0.369 e. The van der Waals surface area contributed by atoms with Crippen molar-refractivity contribution < 1.29 is 22.7 Å². The molecule has 0 aromatic heterocycles. The molecule has 0 aliphatic rings. The normalized spacial score (nSPS) is 14.9. The summed E-state index contributed by atoms with van der Waals surface area (Å²) < 4.78 is 40.8. The van der Waals surface area contributed by atoms with Gasteiger partial charge in [-0.3, -0.25) is 4.79 Å². The average Bonchev–Trinajstić information content (AvgIpc) is 2.34. The van der Waals surface area contributed by atoms with E-state index in [1.807, 2.05) is 0 Å². The molecule has 0 aliphatic heterocycles. The molecule has 1 aromatic rings. The minimum atomic E-state index is -4.45. The average molecular weight is 276 g/mol. The first-order chi connectivity index (χ1) is 8.82. The Kier molecular flexibility index (Phi) is 4.90. The van der Waals surface area contributed by atoms with Gasteiger partial charge < -0.3 is 15.8 Å². The molecule has 4 nitrogen and oxygen atoms in total. The van der Waals surface area contributed by atoms with Gasteiger partial charge in [-0.25, -0.2) is 0 Å². The number of hydrogen-bond acceptors (Lipinski definition) is 3. The molecule has 3 N–H and O–H groups in total. The number of hydrogen-bond donors (Lipinski definition) is 2. The molecule has 106 valence electrons. The van der Waals surface area contributed by atoms with Crippen LogP contribution in [-0.4, -0.2) is 32.3 Å². The molecule has 1 amide bonds. The van der Waals surface area contributed by atoms with Gasteiger partial charge in [0.05, 0.1) is 6.61 Å². The van der Waals surface area contributed by atoms with Gasteiger partial charge in [-0.2, -0.15) is 13.2 Å². The van der Waals surface area contributed by atoms with E-state index < -0.39 is 30.8 Å². The molecule has 0 fully saturated rings. The van der Waals surface area contributed by atoms with E-state index in [4.69, 9.17) is 5.73 Å². The molecule has 0 aliphatic carbocycles. The van der Waals surface area contributed by atoms with Crippen molar-refractivity contribution in [1.29, 1.82) is 0 Å². The third kappa shape index (κ3) is 3.93. The fourth-order valence-electron chi connectivity index (χ4n) is 1.68. The van der Waals surface area contributed by atoms with Gasteiger partial charge in [-0.1, -0.05) is 30.3 Å². The molecule has 1 rings (SSSR count). The number of halogens is 3. The summed E-state index contributed by atoms with van der Waals surface area (Å²) in [6.45, 7) is -1.93. The summed E-state index contributed by atoms with van der Waals surface area (Å²) in [7, 11) is 1.44. The lowest BCUT2D eigenvalue weighted by Gasteiger charge is -2.30. The first-order valence-corrected chi connectivity index (χ1v) is 5.50. The second-order valence-corrected chi connectivity index (χ2v) is 3.99. The maximum atomic E-state index is 12.1. The molecule has 0 spiro atoms. The van der Waals surface area contributed by atoms with Gasteiger partial charge >= 0.3 is 6.18 Å². The zero-order chi connectivity index (χ0) is 14.5. The fraction of sp³-hybridized carbons (Fsp3) is 0.417. The Balaban J connectivity index is 2.92. The highest BCUT2D eigenvalue weighted by molar-refractivity contribution is 5.86. The number of rotatable bonds is 6. The van der Waals surface area contributed by atoms with Gasteiger partial charge in [-0.05, 0) is 12.6 Å². The van der Waals surface area contributed by atoms with E-state index in [0.29, 0.717) is 5.56 Å². The number of primary amides is 1. The van der Waals surface area contributed by atoms with Crippen LogP contribution in [0, 0.1) is 0 Å². The Morgan fingerprint density at radius 1 is 1.26 bits per heavy atom. The lowest BCUT2D eigenvalue weighted by atomic mass is 9.90. The number of nitrogens with two attached hydrogens (primary N) is 1. The summed E-state index contributed by atoms with van der Waals surface area (Å²) in [5, 5.41) is 2.65. The van der Waals surface area contributed by atoms with Gasteiger partial charge in [-0.15, -0.1) is 0 Å². The predicted octanol–water partition coefficient (Wildman–Crippen LogP) is 1.17. The Hall–Kier alpha value is -1.60. The second kappa shape index (κ2) is 6.03. The molecule has 0 radical (unpaired) electrons. The number of ether oxygens (including phenoxy) is 1. The van der Waals surface area contributed by atoms with Crippen molar-refractivity contribution in [2.45, 2.75) is 11.7 Å². The summed E-state index contributed by atoms with van der Waals surface area (Å²) in [4.78, 5) is 11.6. The lowest BCUT2D eigenvalue weighted by Crippen LogP contribution is -2.54. The van der Waals surface area contributed by atoms with Crippen LogP contribution in [0.15, 0.2) is 30.3 Å². The zero-order valence-electron chi connectivity index (χ0n) is 10.3. The van der Waals surface area contributed by atoms with E-state index in [1.165, 1.54) is 7.05 Å². The van der Waals surface area contributed by atoms with Crippen LogP contribution >= 0.6 is 0 Å². The van der Waals surface area contributed by atoms with E-state index in [-0.39, 0.29) is 0 Å². The first kappa shape index (κ1) is 15.5. The standard InChI is InChI=1S/C12H15F3N2O2/c1-17-11(10(16)18,7-19-8-12(13,14)15)9-5-3-2-4-6-9/h2-6,17H,7-8H2,1H3,(H2,16,18). The Labute approximate surface area is 108 Å². The second-order valence-electron chi connectivity index (χ2n) is 3.99. The van der Waals surface area contributed by atoms with E-state index in [2.05, 4.69) is 10.1 Å². The number of likely N-dealkylation sites (N-methyl/N-ethyl adjacent to an activating group) is 1. The maximum Gasteiger partial charge on any atom is 0.411 e. The van der Waals surface area contributed by atoms with Crippen molar-refractivity contribution in [2.24, 2.45) is 5.73 Å². The van der Waals surface area contributed by atoms with Gasteiger partial charge in [0.15, 0.2) is 0 Å². The molecule has 1 atom stereocenters. The van der Waals surface area contributed by atoms with Crippen molar-refractivity contribution in [3.05, 3.63) is 35.9 Å². The minimum absolute atomic E-state index is 0.451. The van der Waals surface area contributed by atoms with Crippen molar-refractivity contribution in [3.8, 4) is 0 Å². The molecule has 7 heteroatoms. The van der Waals surface area contributed by atoms with E-state index in [0.717, 1.165) is 0 Å². The van der Waals surface area contributed by atoms with Crippen LogP contribution in [0.4, 0.5) is 13.2 Å². The molecule has 19 heavy (non-hydrogen) atoms. The molecule has 1 aromatic carbocycles. The van der Waals surface area contributed by atoms with Crippen LogP contribution in [0.3, 0.4) is 0 Å². The summed E-state index contributed by atoms with van der Waals surface area (Å²) in [5.41, 5.74) is 4.27. The van der Waals surface area contributed by atoms with Crippen LogP contribution in [-0.2, 0) is 15.1 Å². The molecule has 0 saturated heterocycles. The number of carbonyl (C=O) groups excluding carboxylic acids is 1. The third-order valence-electron chi connectivity index (χ3n) is 2.70. The number of benzene rings is 1. The van der Waals surface area contributed by atoms with Gasteiger partial charge in [0.1, 0.15) is 12.1 Å². The zero-order valence-corrected chi connectivity index (χ0v) is 10.3. The topological polar surface area (TPSA) is 64.3 Å². The largest absolute Gasteiger partial charge is 0.411 e. The van der Waals surface area contributed by atoms with Crippen molar-refractivity contribution in [1.82, 2.24) is 5.32 Å². The summed E-state index contributed by atoms with van der Waals surface area (Å²) in [6, 6.07) is 8.24. The highest BCUT2D eigenvalue weighted by Gasteiger charge is 2.39. The van der Waals surface area contributed by atoms with Crippen LogP contribution in [0.2, 0.25) is 0 Å². The molecule has 0 heterocycles. The number of alkyl halides is 3. The number of nitrogens with one attached hydrogen (secondary N) is 1. The van der Waals surface area contributed by atoms with Crippen LogP contribution in [0.5, 0.6) is 0 Å². The van der Waals surface area contributed by atoms with Crippen LogP contribution in [0.25, 0.3) is 0 Å². The summed E-state index contributed by atoms with van der Waals surface area (Å²) in [5.74, 6) is -0.802. The van der Waals surface area contributed by atoms with Gasteiger partial charge in [0, 0.05) is 0 Å². The van der Waals surface area contributed by atoms with E-state index in [1.54, 1.807) is 30.3 Å². The van der Waals surface area contributed by atoms with Crippen molar-refractivity contribution >= 4 is 5.91 Å². The van der Waals surface area contributed by atoms with Gasteiger partial charge in [0.2, 0.25) is 5.91 Å². The first-order valence-electron chi connectivity index (χ1n) is 5.50. The Morgan fingerprint density at radius 2 is 1.84 bits per heavy atom. The van der Waals surface area contributed by atoms with Gasteiger partial charge in [0.25, 0.3) is 0 Å². The molecule has 0 bridgehead atoms. The SMILES string of the molecule is CNC(COCC(F)(F)F)(C(N)=O)c1ccccc1. The third-order valence-corrected chi connectivity index (χ3v) is 2.70. The minimum Gasteiger partial charge on any atom is -0.369 e. The lowest BCUT2D eigenvalue weighted by molar-refractivity contribution is -0.179. The molecule has 1 unspecified atom stereocenters.